The minimum atomic E-state index is -0.289. The number of nitrogens with zero attached hydrogens (tertiary/aromatic N) is 3. The number of hydrogen-bond acceptors (Lipinski definition) is 5. The SMILES string of the molecule is CNC(=O)C1CC(=O)N(C2CN(C(=O)c3coc(C4CCC4)n3)C2)C1. The highest BCUT2D eigenvalue weighted by atomic mass is 16.3. The van der Waals surface area contributed by atoms with E-state index in [1.54, 1.807) is 16.8 Å². The van der Waals surface area contributed by atoms with E-state index in [0.29, 0.717) is 37.1 Å². The third-order valence-electron chi connectivity index (χ3n) is 5.56. The Bertz CT molecular complexity index is 705. The molecule has 2 aliphatic heterocycles. The topological polar surface area (TPSA) is 95.8 Å². The maximum Gasteiger partial charge on any atom is 0.275 e. The minimum absolute atomic E-state index is 0.0101. The van der Waals surface area contributed by atoms with E-state index in [-0.39, 0.29) is 36.1 Å². The zero-order valence-corrected chi connectivity index (χ0v) is 14.2. The molecule has 1 atom stereocenters. The first-order chi connectivity index (χ1) is 12.1. The smallest absolute Gasteiger partial charge is 0.275 e. The van der Waals surface area contributed by atoms with Crippen molar-refractivity contribution in [3.8, 4) is 0 Å². The van der Waals surface area contributed by atoms with Crippen LogP contribution < -0.4 is 5.32 Å². The van der Waals surface area contributed by atoms with E-state index in [1.165, 1.54) is 12.7 Å². The number of amides is 3. The van der Waals surface area contributed by atoms with Gasteiger partial charge in [-0.3, -0.25) is 14.4 Å². The molecule has 2 saturated heterocycles. The van der Waals surface area contributed by atoms with Crippen LogP contribution in [0.1, 0.15) is 48.0 Å². The van der Waals surface area contributed by atoms with Gasteiger partial charge in [-0.1, -0.05) is 6.42 Å². The van der Waals surface area contributed by atoms with Gasteiger partial charge in [-0.15, -0.1) is 0 Å². The van der Waals surface area contributed by atoms with Gasteiger partial charge in [0.15, 0.2) is 11.6 Å². The van der Waals surface area contributed by atoms with Crippen LogP contribution in [-0.2, 0) is 9.59 Å². The van der Waals surface area contributed by atoms with Gasteiger partial charge in [0.1, 0.15) is 6.26 Å². The summed E-state index contributed by atoms with van der Waals surface area (Å²) in [6, 6.07) is -0.0101. The van der Waals surface area contributed by atoms with E-state index < -0.39 is 0 Å². The van der Waals surface area contributed by atoms with E-state index in [9.17, 15) is 14.4 Å². The molecule has 134 valence electrons. The third kappa shape index (κ3) is 2.79. The van der Waals surface area contributed by atoms with Crippen LogP contribution in [0.25, 0.3) is 0 Å². The van der Waals surface area contributed by atoms with E-state index in [0.717, 1.165) is 12.8 Å². The summed E-state index contributed by atoms with van der Waals surface area (Å²) in [5, 5.41) is 2.59. The molecule has 1 aromatic rings. The van der Waals surface area contributed by atoms with Crippen LogP contribution in [0.5, 0.6) is 0 Å². The Labute approximate surface area is 145 Å². The number of carbonyl (C=O) groups is 3. The van der Waals surface area contributed by atoms with Gasteiger partial charge in [0.05, 0.1) is 12.0 Å². The van der Waals surface area contributed by atoms with Crippen LogP contribution in [0, 0.1) is 5.92 Å². The summed E-state index contributed by atoms with van der Waals surface area (Å²) in [6.45, 7) is 1.40. The average Bonchev–Trinajstić information content (AvgIpc) is 3.11. The second kappa shape index (κ2) is 6.16. The van der Waals surface area contributed by atoms with Crippen LogP contribution in [-0.4, -0.2) is 65.2 Å². The first-order valence-corrected chi connectivity index (χ1v) is 8.82. The molecule has 0 aromatic carbocycles. The second-order valence-electron chi connectivity index (χ2n) is 7.12. The zero-order valence-electron chi connectivity index (χ0n) is 14.2. The number of rotatable bonds is 4. The Morgan fingerprint density at radius 1 is 1.28 bits per heavy atom. The number of nitrogens with one attached hydrogen (secondary N) is 1. The molecule has 3 amide bonds. The molecule has 3 fully saturated rings. The second-order valence-corrected chi connectivity index (χ2v) is 7.12. The summed E-state index contributed by atoms with van der Waals surface area (Å²) in [7, 11) is 1.58. The van der Waals surface area contributed by atoms with Crippen molar-refractivity contribution in [3.05, 3.63) is 17.8 Å². The minimum Gasteiger partial charge on any atom is -0.448 e. The molecular formula is C17H22N4O4. The van der Waals surface area contributed by atoms with Gasteiger partial charge >= 0.3 is 0 Å². The lowest BCUT2D eigenvalue weighted by Crippen LogP contribution is -2.61. The first-order valence-electron chi connectivity index (χ1n) is 8.82. The molecule has 8 nitrogen and oxygen atoms in total. The molecule has 1 unspecified atom stereocenters. The average molecular weight is 346 g/mol. The maximum atomic E-state index is 12.5. The Morgan fingerprint density at radius 3 is 2.68 bits per heavy atom. The quantitative estimate of drug-likeness (QED) is 0.849. The fraction of sp³-hybridized carbons (Fsp3) is 0.647. The number of carbonyl (C=O) groups excluding carboxylic acids is 3. The molecule has 25 heavy (non-hydrogen) atoms. The highest BCUT2D eigenvalue weighted by Gasteiger charge is 2.43. The largest absolute Gasteiger partial charge is 0.448 e. The Hall–Kier alpha value is -2.38. The number of likely N-dealkylation sites (tertiary alicyclic amines) is 2. The Morgan fingerprint density at radius 2 is 2.04 bits per heavy atom. The van der Waals surface area contributed by atoms with Crippen molar-refractivity contribution in [2.75, 3.05) is 26.7 Å². The molecule has 0 spiro atoms. The summed E-state index contributed by atoms with van der Waals surface area (Å²) in [5.41, 5.74) is 0.344. The van der Waals surface area contributed by atoms with Crippen molar-refractivity contribution in [2.45, 2.75) is 37.6 Å². The third-order valence-corrected chi connectivity index (χ3v) is 5.56. The lowest BCUT2D eigenvalue weighted by atomic mass is 9.85. The molecule has 4 rings (SSSR count). The molecule has 0 bridgehead atoms. The highest BCUT2D eigenvalue weighted by Crippen LogP contribution is 2.36. The maximum absolute atomic E-state index is 12.5. The summed E-state index contributed by atoms with van der Waals surface area (Å²) >= 11 is 0. The molecule has 1 aliphatic carbocycles. The van der Waals surface area contributed by atoms with Gasteiger partial charge in [-0.05, 0) is 12.8 Å². The molecule has 1 N–H and O–H groups in total. The van der Waals surface area contributed by atoms with Crippen LogP contribution in [0.15, 0.2) is 10.7 Å². The standard InChI is InChI=1S/C17H22N4O4/c1-18-15(23)11-5-14(22)21(6-11)12-7-20(8-12)17(24)13-9-25-16(19-13)10-3-2-4-10/h9-12H,2-8H2,1H3,(H,18,23). The lowest BCUT2D eigenvalue weighted by Gasteiger charge is -2.43. The van der Waals surface area contributed by atoms with Crippen LogP contribution in [0.2, 0.25) is 0 Å². The number of aromatic nitrogens is 1. The van der Waals surface area contributed by atoms with Crippen LogP contribution in [0.4, 0.5) is 0 Å². The van der Waals surface area contributed by atoms with Gasteiger partial charge in [0.25, 0.3) is 5.91 Å². The summed E-state index contributed by atoms with van der Waals surface area (Å²) in [4.78, 5) is 44.0. The van der Waals surface area contributed by atoms with Crippen molar-refractivity contribution in [1.29, 1.82) is 0 Å². The summed E-state index contributed by atoms with van der Waals surface area (Å²) < 4.78 is 5.44. The van der Waals surface area contributed by atoms with E-state index in [4.69, 9.17) is 4.42 Å². The molecule has 8 heteroatoms. The number of oxazole rings is 1. The molecule has 1 saturated carbocycles. The van der Waals surface area contributed by atoms with Crippen molar-refractivity contribution in [3.63, 3.8) is 0 Å². The molecule has 3 aliphatic rings. The first kappa shape index (κ1) is 16.1. The van der Waals surface area contributed by atoms with Gasteiger partial charge < -0.3 is 19.5 Å². The fourth-order valence-corrected chi connectivity index (χ4v) is 3.67. The van der Waals surface area contributed by atoms with Gasteiger partial charge in [0.2, 0.25) is 11.8 Å². The predicted octanol–water partition coefficient (Wildman–Crippen LogP) is 0.361. The normalized spacial score (nSPS) is 24.2. The van der Waals surface area contributed by atoms with E-state index >= 15 is 0 Å². The van der Waals surface area contributed by atoms with Crippen LogP contribution >= 0.6 is 0 Å². The monoisotopic (exact) mass is 346 g/mol. The van der Waals surface area contributed by atoms with Gasteiger partial charge in [0, 0.05) is 39.0 Å². The van der Waals surface area contributed by atoms with Crippen molar-refractivity contribution in [2.24, 2.45) is 5.92 Å². The summed E-state index contributed by atoms with van der Waals surface area (Å²) in [6.07, 6.45) is 5.02. The number of hydrogen-bond donors (Lipinski definition) is 1. The van der Waals surface area contributed by atoms with Gasteiger partial charge in [-0.25, -0.2) is 4.98 Å². The van der Waals surface area contributed by atoms with Crippen molar-refractivity contribution >= 4 is 17.7 Å². The predicted molar refractivity (Wildman–Crippen MR) is 86.7 cm³/mol. The van der Waals surface area contributed by atoms with Crippen molar-refractivity contribution in [1.82, 2.24) is 20.1 Å². The molecule has 3 heterocycles. The molecule has 0 radical (unpaired) electrons. The highest BCUT2D eigenvalue weighted by molar-refractivity contribution is 5.93. The Balaban J connectivity index is 1.32. The van der Waals surface area contributed by atoms with Crippen molar-refractivity contribution < 1.29 is 18.8 Å². The lowest BCUT2D eigenvalue weighted by molar-refractivity contribution is -0.132. The van der Waals surface area contributed by atoms with Gasteiger partial charge in [-0.2, -0.15) is 0 Å². The molecular weight excluding hydrogens is 324 g/mol. The van der Waals surface area contributed by atoms with E-state index in [2.05, 4.69) is 10.3 Å². The van der Waals surface area contributed by atoms with E-state index in [1.807, 2.05) is 0 Å². The summed E-state index contributed by atoms with van der Waals surface area (Å²) in [5.74, 6) is 0.459. The molecule has 1 aromatic heterocycles. The fourth-order valence-electron chi connectivity index (χ4n) is 3.67. The Kier molecular flexibility index (Phi) is 3.97. The zero-order chi connectivity index (χ0) is 17.6. The van der Waals surface area contributed by atoms with Crippen LogP contribution in [0.3, 0.4) is 0 Å².